The molecule has 0 aliphatic rings. The van der Waals surface area contributed by atoms with Crippen molar-refractivity contribution in [1.29, 1.82) is 0 Å². The van der Waals surface area contributed by atoms with Crippen molar-refractivity contribution in [2.45, 2.75) is 33.8 Å². The fourth-order valence-corrected chi connectivity index (χ4v) is 4.00. The van der Waals surface area contributed by atoms with Crippen LogP contribution in [0.15, 0.2) is 57.3 Å². The Morgan fingerprint density at radius 3 is 2.75 bits per heavy atom. The molecule has 2 heterocycles. The molecule has 0 bridgehead atoms. The van der Waals surface area contributed by atoms with Crippen LogP contribution in [0, 0.1) is 13.8 Å². The van der Waals surface area contributed by atoms with Gasteiger partial charge in [-0.1, -0.05) is 36.8 Å². The quantitative estimate of drug-likeness (QED) is 0.439. The molecule has 0 amide bonds. The normalized spacial score (nSPS) is 11.1. The molecule has 5 heteroatoms. The van der Waals surface area contributed by atoms with Gasteiger partial charge < -0.3 is 9.15 Å². The van der Waals surface area contributed by atoms with Crippen LogP contribution in [0.5, 0.6) is 5.75 Å². The van der Waals surface area contributed by atoms with Crippen LogP contribution >= 0.6 is 11.3 Å². The molecular weight excluding hydrogens is 370 g/mol. The number of ether oxygens (including phenoxy) is 1. The Morgan fingerprint density at radius 2 is 2.04 bits per heavy atom. The monoisotopic (exact) mass is 391 g/mol. The first kappa shape index (κ1) is 18.4. The smallest absolute Gasteiger partial charge is 0.202 e. The van der Waals surface area contributed by atoms with E-state index in [2.05, 4.69) is 31.0 Å². The lowest BCUT2D eigenvalue weighted by Gasteiger charge is -2.12. The molecule has 0 unspecified atom stereocenters. The first-order valence-electron chi connectivity index (χ1n) is 9.24. The third-order valence-electron chi connectivity index (χ3n) is 4.66. The van der Waals surface area contributed by atoms with Crippen molar-refractivity contribution in [2.75, 3.05) is 0 Å². The highest BCUT2D eigenvalue weighted by Gasteiger charge is 2.15. The molecule has 4 rings (SSSR count). The van der Waals surface area contributed by atoms with E-state index < -0.39 is 0 Å². The van der Waals surface area contributed by atoms with Gasteiger partial charge in [0.15, 0.2) is 0 Å². The van der Waals surface area contributed by atoms with Crippen LogP contribution in [0.3, 0.4) is 0 Å². The Bertz CT molecular complexity index is 1210. The van der Waals surface area contributed by atoms with E-state index in [1.807, 2.05) is 36.6 Å². The lowest BCUT2D eigenvalue weighted by atomic mass is 10.1. The van der Waals surface area contributed by atoms with Crippen molar-refractivity contribution < 1.29 is 9.15 Å². The van der Waals surface area contributed by atoms with Crippen molar-refractivity contribution in [3.05, 3.63) is 80.6 Å². The Morgan fingerprint density at radius 1 is 1.18 bits per heavy atom. The Kier molecular flexibility index (Phi) is 5.01. The van der Waals surface area contributed by atoms with Gasteiger partial charge in [-0.25, -0.2) is 4.98 Å². The summed E-state index contributed by atoms with van der Waals surface area (Å²) in [6.45, 7) is 6.50. The molecule has 0 spiro atoms. The van der Waals surface area contributed by atoms with Gasteiger partial charge >= 0.3 is 0 Å². The number of hydrogen-bond acceptors (Lipinski definition) is 5. The highest BCUT2D eigenvalue weighted by molar-refractivity contribution is 7.13. The number of nitrogens with zero attached hydrogens (tertiary/aromatic N) is 1. The highest BCUT2D eigenvalue weighted by Crippen LogP contribution is 2.29. The molecule has 0 N–H and O–H groups in total. The van der Waals surface area contributed by atoms with Gasteiger partial charge in [-0.2, -0.15) is 0 Å². The molecule has 0 fully saturated rings. The summed E-state index contributed by atoms with van der Waals surface area (Å²) in [7, 11) is 0. The number of benzene rings is 2. The second-order valence-corrected chi connectivity index (χ2v) is 7.72. The van der Waals surface area contributed by atoms with E-state index >= 15 is 0 Å². The zero-order valence-corrected chi connectivity index (χ0v) is 16.9. The summed E-state index contributed by atoms with van der Waals surface area (Å²) in [5, 5.41) is 3.18. The predicted molar refractivity (Wildman–Crippen MR) is 113 cm³/mol. The topological polar surface area (TPSA) is 52.3 Å². The standard InChI is InChI=1S/C23H21NO3S/c1-4-17-9-18-21(10-20(17)26-11-16-7-5-6-14(2)8-16)27-12-19(22(18)25)23-24-15(3)13-28-23/h5-10,12-13H,4,11H2,1-3H3. The number of aryl methyl sites for hydroxylation is 3. The van der Waals surface area contributed by atoms with Crippen LogP contribution in [-0.2, 0) is 13.0 Å². The molecule has 4 nitrogen and oxygen atoms in total. The van der Waals surface area contributed by atoms with Gasteiger partial charge in [-0.3, -0.25) is 4.79 Å². The lowest BCUT2D eigenvalue weighted by Crippen LogP contribution is -2.06. The summed E-state index contributed by atoms with van der Waals surface area (Å²) < 4.78 is 11.8. The maximum atomic E-state index is 13.0. The number of hydrogen-bond donors (Lipinski definition) is 0. The van der Waals surface area contributed by atoms with Gasteiger partial charge in [-0.15, -0.1) is 11.3 Å². The molecule has 0 atom stereocenters. The fourth-order valence-electron chi connectivity index (χ4n) is 3.20. The van der Waals surface area contributed by atoms with Gasteiger partial charge in [-0.05, 0) is 37.5 Å². The number of rotatable bonds is 5. The second-order valence-electron chi connectivity index (χ2n) is 6.86. The molecule has 0 aliphatic carbocycles. The maximum Gasteiger partial charge on any atom is 0.202 e. The minimum Gasteiger partial charge on any atom is -0.488 e. The number of aromatic nitrogens is 1. The van der Waals surface area contributed by atoms with E-state index in [1.54, 1.807) is 0 Å². The third kappa shape index (κ3) is 3.58. The molecule has 4 aromatic rings. The van der Waals surface area contributed by atoms with Crippen LogP contribution in [0.1, 0.15) is 29.3 Å². The number of fused-ring (bicyclic) bond motifs is 1. The van der Waals surface area contributed by atoms with Crippen molar-refractivity contribution >= 4 is 22.3 Å². The minimum absolute atomic E-state index is 0.0597. The van der Waals surface area contributed by atoms with E-state index in [0.717, 1.165) is 29.0 Å². The second kappa shape index (κ2) is 7.60. The largest absolute Gasteiger partial charge is 0.488 e. The van der Waals surface area contributed by atoms with Crippen LogP contribution in [-0.4, -0.2) is 4.98 Å². The van der Waals surface area contributed by atoms with Crippen molar-refractivity contribution in [2.24, 2.45) is 0 Å². The van der Waals surface area contributed by atoms with Crippen LogP contribution in [0.2, 0.25) is 0 Å². The average Bonchev–Trinajstić information content (AvgIpc) is 3.12. The molecule has 2 aromatic heterocycles. The molecule has 0 saturated heterocycles. The van der Waals surface area contributed by atoms with E-state index in [4.69, 9.17) is 9.15 Å². The van der Waals surface area contributed by atoms with E-state index in [-0.39, 0.29) is 5.43 Å². The summed E-state index contributed by atoms with van der Waals surface area (Å²) in [6, 6.07) is 11.9. The molecule has 0 radical (unpaired) electrons. The van der Waals surface area contributed by atoms with Crippen LogP contribution < -0.4 is 10.2 Å². The minimum atomic E-state index is -0.0597. The van der Waals surface area contributed by atoms with Gasteiger partial charge in [0.05, 0.1) is 10.9 Å². The van der Waals surface area contributed by atoms with Crippen molar-refractivity contribution in [3.63, 3.8) is 0 Å². The van der Waals surface area contributed by atoms with Gasteiger partial charge in [0, 0.05) is 17.1 Å². The molecule has 0 aliphatic heterocycles. The molecular formula is C23H21NO3S. The van der Waals surface area contributed by atoms with Crippen LogP contribution in [0.25, 0.3) is 21.5 Å². The van der Waals surface area contributed by atoms with Crippen molar-refractivity contribution in [1.82, 2.24) is 4.98 Å². The third-order valence-corrected chi connectivity index (χ3v) is 5.66. The fraction of sp³-hybridized carbons (Fsp3) is 0.217. The SMILES string of the molecule is CCc1cc2c(=O)c(-c3nc(C)cs3)coc2cc1OCc1cccc(C)c1. The molecule has 2 aromatic carbocycles. The summed E-state index contributed by atoms with van der Waals surface area (Å²) in [6.07, 6.45) is 2.26. The maximum absolute atomic E-state index is 13.0. The predicted octanol–water partition coefficient (Wildman–Crippen LogP) is 5.67. The van der Waals surface area contributed by atoms with Crippen LogP contribution in [0.4, 0.5) is 0 Å². The first-order valence-corrected chi connectivity index (χ1v) is 10.1. The van der Waals surface area contributed by atoms with Crippen molar-refractivity contribution in [3.8, 4) is 16.3 Å². The van der Waals surface area contributed by atoms with E-state index in [9.17, 15) is 4.79 Å². The summed E-state index contributed by atoms with van der Waals surface area (Å²) in [5.74, 6) is 0.748. The molecule has 142 valence electrons. The summed E-state index contributed by atoms with van der Waals surface area (Å²) in [5.41, 5.74) is 5.16. The zero-order valence-electron chi connectivity index (χ0n) is 16.1. The highest BCUT2D eigenvalue weighted by atomic mass is 32.1. The van der Waals surface area contributed by atoms with E-state index in [1.165, 1.54) is 23.2 Å². The Labute approximate surface area is 167 Å². The van der Waals surface area contributed by atoms with Gasteiger partial charge in [0.2, 0.25) is 5.43 Å². The van der Waals surface area contributed by atoms with E-state index in [0.29, 0.717) is 28.1 Å². The van der Waals surface area contributed by atoms with Gasteiger partial charge in [0.1, 0.15) is 29.2 Å². The Hall–Kier alpha value is -2.92. The molecule has 28 heavy (non-hydrogen) atoms. The number of thiazole rings is 1. The Balaban J connectivity index is 1.72. The summed E-state index contributed by atoms with van der Waals surface area (Å²) >= 11 is 1.45. The zero-order chi connectivity index (χ0) is 19.7. The average molecular weight is 391 g/mol. The first-order chi connectivity index (χ1) is 13.5. The summed E-state index contributed by atoms with van der Waals surface area (Å²) in [4.78, 5) is 17.4. The lowest BCUT2D eigenvalue weighted by molar-refractivity contribution is 0.303. The van der Waals surface area contributed by atoms with Gasteiger partial charge in [0.25, 0.3) is 0 Å². The molecule has 0 saturated carbocycles.